The lowest BCUT2D eigenvalue weighted by Gasteiger charge is -2.31. The number of hydrogen-bond donors (Lipinski definition) is 2. The van der Waals surface area contributed by atoms with Gasteiger partial charge in [0.15, 0.2) is 0 Å². The molecule has 0 bridgehead atoms. The maximum atomic E-state index is 13.0. The zero-order valence-electron chi connectivity index (χ0n) is 16.7. The average Bonchev–Trinajstić information content (AvgIpc) is 2.60. The molecule has 1 aliphatic carbocycles. The van der Waals surface area contributed by atoms with Gasteiger partial charge in [0.1, 0.15) is 5.75 Å². The van der Waals surface area contributed by atoms with E-state index in [0.29, 0.717) is 25.1 Å². The molecule has 0 aliphatic heterocycles. The van der Waals surface area contributed by atoms with Crippen LogP contribution in [-0.4, -0.2) is 38.3 Å². The summed E-state index contributed by atoms with van der Waals surface area (Å²) in [6.07, 6.45) is -5.41. The summed E-state index contributed by atoms with van der Waals surface area (Å²) in [7, 11) is -3.39. The molecule has 0 atom stereocenters. The Labute approximate surface area is 169 Å². The molecule has 0 unspecified atom stereocenters. The minimum Gasteiger partial charge on any atom is -0.428 e. The van der Waals surface area contributed by atoms with Crippen LogP contribution in [0, 0.1) is 5.92 Å². The van der Waals surface area contributed by atoms with E-state index in [1.54, 1.807) is 26.8 Å². The number of benzene rings is 1. The highest BCUT2D eigenvalue weighted by Gasteiger charge is 2.44. The predicted molar refractivity (Wildman–Crippen MR) is 104 cm³/mol. The van der Waals surface area contributed by atoms with E-state index in [4.69, 9.17) is 0 Å². The van der Waals surface area contributed by atoms with Gasteiger partial charge < -0.3 is 10.1 Å². The summed E-state index contributed by atoms with van der Waals surface area (Å²) in [4.78, 5) is 0. The Hall–Kier alpha value is -1.55. The monoisotopic (exact) mass is 440 g/mol. The molecule has 0 saturated heterocycles. The van der Waals surface area contributed by atoms with E-state index >= 15 is 0 Å². The molecule has 1 aromatic carbocycles. The van der Waals surface area contributed by atoms with Gasteiger partial charge in [-0.25, -0.2) is 13.1 Å². The smallest absolute Gasteiger partial charge is 0.428 e. The van der Waals surface area contributed by atoms with Crippen molar-refractivity contribution in [3.05, 3.63) is 24.3 Å². The van der Waals surface area contributed by atoms with Crippen LogP contribution in [0.2, 0.25) is 0 Å². The molecule has 29 heavy (non-hydrogen) atoms. The fourth-order valence-electron chi connectivity index (χ4n) is 3.01. The van der Waals surface area contributed by atoms with Gasteiger partial charge in [-0.1, -0.05) is 6.07 Å². The Bertz CT molecular complexity index is 774. The van der Waals surface area contributed by atoms with E-state index in [-0.39, 0.29) is 17.7 Å². The number of halogens is 4. The van der Waals surface area contributed by atoms with Gasteiger partial charge in [0.25, 0.3) is 0 Å². The van der Waals surface area contributed by atoms with Crippen molar-refractivity contribution in [1.82, 2.24) is 4.72 Å². The predicted octanol–water partition coefficient (Wildman–Crippen LogP) is 4.61. The summed E-state index contributed by atoms with van der Waals surface area (Å²) in [6, 6.07) is 5.42. The fourth-order valence-corrected chi connectivity index (χ4v) is 4.04. The van der Waals surface area contributed by atoms with E-state index < -0.39 is 27.3 Å². The van der Waals surface area contributed by atoms with Gasteiger partial charge in [0, 0.05) is 24.3 Å². The molecule has 10 heteroatoms. The van der Waals surface area contributed by atoms with Crippen LogP contribution < -0.4 is 14.8 Å². The Kier molecular flexibility index (Phi) is 7.42. The summed E-state index contributed by atoms with van der Waals surface area (Å²) in [6.45, 7) is 5.52. The molecule has 5 nitrogen and oxygen atoms in total. The van der Waals surface area contributed by atoms with Crippen molar-refractivity contribution in [2.24, 2.45) is 5.92 Å². The number of ether oxygens (including phenoxy) is 1. The van der Waals surface area contributed by atoms with Crippen molar-refractivity contribution >= 4 is 15.7 Å². The van der Waals surface area contributed by atoms with Gasteiger partial charge in [0.05, 0.1) is 4.75 Å². The van der Waals surface area contributed by atoms with Gasteiger partial charge in [-0.2, -0.15) is 17.6 Å². The molecular weight excluding hydrogens is 412 g/mol. The van der Waals surface area contributed by atoms with E-state index in [9.17, 15) is 26.0 Å². The first-order valence-corrected chi connectivity index (χ1v) is 11.0. The standard InChI is InChI=1S/C19H28F4N2O3S/c1-18(2,3)29(26,27)25-14-9-7-13(8-10-14)12-24-15-5-4-6-16(11-15)28-19(22,23)17(20)21/h4-6,11,13-14,17,24-25H,7-10,12H2,1-3H3. The van der Waals surface area contributed by atoms with Gasteiger partial charge in [-0.15, -0.1) is 0 Å². The lowest BCUT2D eigenvalue weighted by Crippen LogP contribution is -2.46. The van der Waals surface area contributed by atoms with Crippen LogP contribution in [-0.2, 0) is 10.0 Å². The lowest BCUT2D eigenvalue weighted by atomic mass is 9.86. The van der Waals surface area contributed by atoms with Crippen molar-refractivity contribution in [3.8, 4) is 5.75 Å². The normalized spacial score (nSPS) is 21.2. The molecule has 2 rings (SSSR count). The molecule has 0 spiro atoms. The third-order valence-electron chi connectivity index (χ3n) is 4.91. The third kappa shape index (κ3) is 6.74. The minimum absolute atomic E-state index is 0.0937. The highest BCUT2D eigenvalue weighted by Crippen LogP contribution is 2.30. The minimum atomic E-state index is -4.54. The summed E-state index contributed by atoms with van der Waals surface area (Å²) >= 11 is 0. The molecular formula is C19H28F4N2O3S. The number of rotatable bonds is 8. The third-order valence-corrected chi connectivity index (χ3v) is 7.17. The first kappa shape index (κ1) is 23.7. The number of anilines is 1. The summed E-state index contributed by atoms with van der Waals surface area (Å²) in [5, 5.41) is 3.11. The summed E-state index contributed by atoms with van der Waals surface area (Å²) in [5.41, 5.74) is 0.489. The molecule has 1 aliphatic rings. The van der Waals surface area contributed by atoms with Crippen LogP contribution in [0.3, 0.4) is 0 Å². The van der Waals surface area contributed by atoms with E-state index in [2.05, 4.69) is 14.8 Å². The topological polar surface area (TPSA) is 67.4 Å². The highest BCUT2D eigenvalue weighted by atomic mass is 32.2. The van der Waals surface area contributed by atoms with E-state index in [1.807, 2.05) is 0 Å². The first-order valence-electron chi connectivity index (χ1n) is 9.51. The van der Waals surface area contributed by atoms with Crippen LogP contribution in [0.1, 0.15) is 46.5 Å². The van der Waals surface area contributed by atoms with E-state index in [1.165, 1.54) is 18.2 Å². The highest BCUT2D eigenvalue weighted by molar-refractivity contribution is 7.90. The molecule has 0 radical (unpaired) electrons. The molecule has 0 aromatic heterocycles. The Morgan fingerprint density at radius 2 is 1.76 bits per heavy atom. The summed E-state index contributed by atoms with van der Waals surface area (Å²) < 4.78 is 81.1. The van der Waals surface area contributed by atoms with Crippen molar-refractivity contribution in [2.75, 3.05) is 11.9 Å². The molecule has 0 amide bonds. The second-order valence-electron chi connectivity index (χ2n) is 8.32. The molecule has 166 valence electrons. The molecule has 1 fully saturated rings. The Balaban J connectivity index is 1.83. The average molecular weight is 441 g/mol. The quantitative estimate of drug-likeness (QED) is 0.580. The van der Waals surface area contributed by atoms with Crippen LogP contribution >= 0.6 is 0 Å². The Morgan fingerprint density at radius 3 is 2.31 bits per heavy atom. The largest absolute Gasteiger partial charge is 0.461 e. The Morgan fingerprint density at radius 1 is 1.14 bits per heavy atom. The number of nitrogens with one attached hydrogen (secondary N) is 2. The van der Waals surface area contributed by atoms with Crippen molar-refractivity contribution in [3.63, 3.8) is 0 Å². The number of alkyl halides is 4. The van der Waals surface area contributed by atoms with Crippen LogP contribution in [0.15, 0.2) is 24.3 Å². The second-order valence-corrected chi connectivity index (χ2v) is 10.8. The molecule has 2 N–H and O–H groups in total. The zero-order chi connectivity index (χ0) is 21.9. The van der Waals surface area contributed by atoms with Gasteiger partial charge in [-0.3, -0.25) is 0 Å². The second kappa shape index (κ2) is 9.07. The van der Waals surface area contributed by atoms with Gasteiger partial charge >= 0.3 is 12.5 Å². The van der Waals surface area contributed by atoms with Gasteiger partial charge in [-0.05, 0) is 64.5 Å². The maximum Gasteiger partial charge on any atom is 0.461 e. The number of sulfonamides is 1. The molecule has 1 aromatic rings. The van der Waals surface area contributed by atoms with Crippen molar-refractivity contribution in [2.45, 2.75) is 69.8 Å². The van der Waals surface area contributed by atoms with Crippen LogP contribution in [0.4, 0.5) is 23.2 Å². The first-order chi connectivity index (χ1) is 13.3. The van der Waals surface area contributed by atoms with E-state index in [0.717, 1.165) is 12.8 Å². The number of hydrogen-bond acceptors (Lipinski definition) is 4. The lowest BCUT2D eigenvalue weighted by molar-refractivity contribution is -0.253. The SMILES string of the molecule is CC(C)(C)S(=O)(=O)NC1CCC(CNc2cccc(OC(F)(F)C(F)F)c2)CC1. The van der Waals surface area contributed by atoms with Crippen LogP contribution in [0.25, 0.3) is 0 Å². The maximum absolute atomic E-state index is 13.0. The fraction of sp³-hybridized carbons (Fsp3) is 0.684. The van der Waals surface area contributed by atoms with Crippen molar-refractivity contribution < 1.29 is 30.7 Å². The molecule has 0 heterocycles. The van der Waals surface area contributed by atoms with Gasteiger partial charge in [0.2, 0.25) is 10.0 Å². The summed E-state index contributed by atoms with van der Waals surface area (Å²) in [5.74, 6) is -0.0573. The van der Waals surface area contributed by atoms with Crippen LogP contribution in [0.5, 0.6) is 5.75 Å². The molecule has 1 saturated carbocycles. The van der Waals surface area contributed by atoms with Crippen molar-refractivity contribution in [1.29, 1.82) is 0 Å². The zero-order valence-corrected chi connectivity index (χ0v) is 17.5.